The highest BCUT2D eigenvalue weighted by Crippen LogP contribution is 2.31. The summed E-state index contributed by atoms with van der Waals surface area (Å²) >= 11 is 0. The van der Waals surface area contributed by atoms with Crippen LogP contribution in [0.4, 0.5) is 10.5 Å². The van der Waals surface area contributed by atoms with E-state index in [9.17, 15) is 4.79 Å². The number of likely N-dealkylation sites (tertiary alicyclic amines) is 1. The summed E-state index contributed by atoms with van der Waals surface area (Å²) in [6.07, 6.45) is 5.85. The molecule has 26 heavy (non-hydrogen) atoms. The molecular formula is C19H27N5O2. The predicted molar refractivity (Wildman–Crippen MR) is 101 cm³/mol. The van der Waals surface area contributed by atoms with Crippen LogP contribution in [0.5, 0.6) is 5.75 Å². The van der Waals surface area contributed by atoms with Gasteiger partial charge in [-0.15, -0.1) is 0 Å². The molecule has 0 aliphatic carbocycles. The molecule has 1 atom stereocenters. The number of aromatic nitrogens is 2. The number of methoxy groups -OCH3 is 1. The Morgan fingerprint density at radius 2 is 2.08 bits per heavy atom. The number of nitrogens with zero attached hydrogens (tertiary/aromatic N) is 3. The number of urea groups is 1. The lowest BCUT2D eigenvalue weighted by molar-refractivity contribution is 0.224. The molecule has 2 amide bonds. The van der Waals surface area contributed by atoms with E-state index in [4.69, 9.17) is 4.74 Å². The van der Waals surface area contributed by atoms with Crippen LogP contribution in [-0.2, 0) is 6.54 Å². The first-order chi connectivity index (χ1) is 12.7. The summed E-state index contributed by atoms with van der Waals surface area (Å²) in [5, 5.41) is 10.0. The van der Waals surface area contributed by atoms with Gasteiger partial charge in [-0.2, -0.15) is 5.10 Å². The van der Waals surface area contributed by atoms with Crippen LogP contribution < -0.4 is 15.4 Å². The molecule has 1 unspecified atom stereocenters. The van der Waals surface area contributed by atoms with Crippen LogP contribution in [0.2, 0.25) is 0 Å². The van der Waals surface area contributed by atoms with Crippen molar-refractivity contribution in [1.82, 2.24) is 20.0 Å². The number of carbonyl (C=O) groups excluding carboxylic acids is 1. The Morgan fingerprint density at radius 3 is 2.77 bits per heavy atom. The Morgan fingerprint density at radius 1 is 1.31 bits per heavy atom. The molecule has 7 nitrogen and oxygen atoms in total. The number of benzene rings is 1. The summed E-state index contributed by atoms with van der Waals surface area (Å²) in [4.78, 5) is 14.7. The molecule has 1 saturated heterocycles. The first kappa shape index (κ1) is 18.3. The van der Waals surface area contributed by atoms with E-state index in [0.29, 0.717) is 12.2 Å². The van der Waals surface area contributed by atoms with Crippen molar-refractivity contribution in [2.75, 3.05) is 32.1 Å². The number of para-hydroxylation sites is 1. The number of aryl methyl sites for hydroxylation is 1. The zero-order chi connectivity index (χ0) is 18.4. The summed E-state index contributed by atoms with van der Waals surface area (Å²) in [6.45, 7) is 5.37. The third kappa shape index (κ3) is 4.35. The van der Waals surface area contributed by atoms with E-state index in [-0.39, 0.29) is 12.1 Å². The van der Waals surface area contributed by atoms with Crippen molar-refractivity contribution in [2.45, 2.75) is 32.4 Å². The quantitative estimate of drug-likeness (QED) is 0.799. The van der Waals surface area contributed by atoms with Crippen molar-refractivity contribution in [2.24, 2.45) is 0 Å². The SMILES string of the molecule is CCn1cc(NC(=O)NCC(c2ccccc2OC)N2CCCC2)cn1. The van der Waals surface area contributed by atoms with Crippen LogP contribution in [0.1, 0.15) is 31.4 Å². The summed E-state index contributed by atoms with van der Waals surface area (Å²) in [6, 6.07) is 7.90. The highest BCUT2D eigenvalue weighted by atomic mass is 16.5. The largest absolute Gasteiger partial charge is 0.496 e. The Hall–Kier alpha value is -2.54. The average Bonchev–Trinajstić information content (AvgIpc) is 3.34. The number of hydrogen-bond acceptors (Lipinski definition) is 4. The van der Waals surface area contributed by atoms with Gasteiger partial charge in [-0.3, -0.25) is 9.58 Å². The molecule has 0 radical (unpaired) electrons. The van der Waals surface area contributed by atoms with Crippen molar-refractivity contribution in [3.63, 3.8) is 0 Å². The van der Waals surface area contributed by atoms with Gasteiger partial charge in [0.1, 0.15) is 5.75 Å². The van der Waals surface area contributed by atoms with Crippen LogP contribution >= 0.6 is 0 Å². The number of rotatable bonds is 7. The number of hydrogen-bond donors (Lipinski definition) is 2. The molecule has 2 aromatic rings. The lowest BCUT2D eigenvalue weighted by Gasteiger charge is -2.29. The van der Waals surface area contributed by atoms with E-state index in [1.807, 2.05) is 31.3 Å². The summed E-state index contributed by atoms with van der Waals surface area (Å²) < 4.78 is 7.31. The molecule has 1 aliphatic rings. The topological polar surface area (TPSA) is 71.4 Å². The van der Waals surface area contributed by atoms with Crippen LogP contribution in [0.15, 0.2) is 36.7 Å². The minimum Gasteiger partial charge on any atom is -0.496 e. The maximum absolute atomic E-state index is 12.3. The third-order valence-electron chi connectivity index (χ3n) is 4.75. The second-order valence-electron chi connectivity index (χ2n) is 6.42. The monoisotopic (exact) mass is 357 g/mol. The number of ether oxygens (including phenoxy) is 1. The van der Waals surface area contributed by atoms with Crippen molar-refractivity contribution in [1.29, 1.82) is 0 Å². The van der Waals surface area contributed by atoms with Crippen molar-refractivity contribution in [3.05, 3.63) is 42.2 Å². The second kappa shape index (κ2) is 8.71. The lowest BCUT2D eigenvalue weighted by Crippen LogP contribution is -2.38. The molecule has 1 aromatic carbocycles. The number of nitrogens with one attached hydrogen (secondary N) is 2. The van der Waals surface area contributed by atoms with Crippen molar-refractivity contribution >= 4 is 11.7 Å². The fourth-order valence-electron chi connectivity index (χ4n) is 3.40. The Kier molecular flexibility index (Phi) is 6.12. The standard InChI is InChI=1S/C19H27N5O2/c1-3-24-14-15(12-21-24)22-19(25)20-13-17(23-10-6-7-11-23)16-8-4-5-9-18(16)26-2/h4-5,8-9,12,14,17H,3,6-7,10-11,13H2,1-2H3,(H2,20,22,25). The normalized spacial score (nSPS) is 15.6. The molecular weight excluding hydrogens is 330 g/mol. The fourth-order valence-corrected chi connectivity index (χ4v) is 3.40. The first-order valence-electron chi connectivity index (χ1n) is 9.15. The van der Waals surface area contributed by atoms with Gasteiger partial charge >= 0.3 is 6.03 Å². The fraction of sp³-hybridized carbons (Fsp3) is 0.474. The van der Waals surface area contributed by atoms with Crippen molar-refractivity contribution < 1.29 is 9.53 Å². The minimum absolute atomic E-state index is 0.0952. The van der Waals surface area contributed by atoms with Gasteiger partial charge in [0.25, 0.3) is 0 Å². The van der Waals surface area contributed by atoms with Crippen LogP contribution in [0, 0.1) is 0 Å². The second-order valence-corrected chi connectivity index (χ2v) is 6.42. The maximum Gasteiger partial charge on any atom is 0.319 e. The smallest absolute Gasteiger partial charge is 0.319 e. The van der Waals surface area contributed by atoms with Crippen molar-refractivity contribution in [3.8, 4) is 5.75 Å². The molecule has 0 bridgehead atoms. The molecule has 1 fully saturated rings. The lowest BCUT2D eigenvalue weighted by atomic mass is 10.0. The van der Waals surface area contributed by atoms with Gasteiger partial charge in [0.05, 0.1) is 25.0 Å². The number of amides is 2. The summed E-state index contributed by atoms with van der Waals surface area (Å²) in [5.74, 6) is 0.857. The highest BCUT2D eigenvalue weighted by molar-refractivity contribution is 5.88. The molecule has 2 heterocycles. The molecule has 0 saturated carbocycles. The highest BCUT2D eigenvalue weighted by Gasteiger charge is 2.26. The van der Waals surface area contributed by atoms with E-state index in [2.05, 4.69) is 26.7 Å². The van der Waals surface area contributed by atoms with Crippen LogP contribution in [-0.4, -0.2) is 47.5 Å². The average molecular weight is 357 g/mol. The molecule has 1 aliphatic heterocycles. The molecule has 2 N–H and O–H groups in total. The van der Waals surface area contributed by atoms with E-state index in [1.54, 1.807) is 18.0 Å². The van der Waals surface area contributed by atoms with Crippen LogP contribution in [0.3, 0.4) is 0 Å². The zero-order valence-corrected chi connectivity index (χ0v) is 15.4. The molecule has 7 heteroatoms. The molecule has 1 aromatic heterocycles. The van der Waals surface area contributed by atoms with Crippen LogP contribution in [0.25, 0.3) is 0 Å². The number of anilines is 1. The Balaban J connectivity index is 1.66. The summed E-state index contributed by atoms with van der Waals surface area (Å²) in [7, 11) is 1.69. The van der Waals surface area contributed by atoms with E-state index in [0.717, 1.165) is 30.9 Å². The van der Waals surface area contributed by atoms with Gasteiger partial charge in [-0.25, -0.2) is 4.79 Å². The van der Waals surface area contributed by atoms with Gasteiger partial charge in [-0.05, 0) is 38.9 Å². The van der Waals surface area contributed by atoms with E-state index >= 15 is 0 Å². The maximum atomic E-state index is 12.3. The predicted octanol–water partition coefficient (Wildman–Crippen LogP) is 2.87. The van der Waals surface area contributed by atoms with Gasteiger partial charge in [0.15, 0.2) is 0 Å². The Bertz CT molecular complexity index is 724. The third-order valence-corrected chi connectivity index (χ3v) is 4.75. The minimum atomic E-state index is -0.222. The van der Waals surface area contributed by atoms with E-state index in [1.165, 1.54) is 12.8 Å². The molecule has 140 valence electrons. The number of carbonyl (C=O) groups is 1. The molecule has 0 spiro atoms. The van der Waals surface area contributed by atoms with Gasteiger partial charge in [0, 0.05) is 24.8 Å². The van der Waals surface area contributed by atoms with Gasteiger partial charge < -0.3 is 15.4 Å². The van der Waals surface area contributed by atoms with E-state index < -0.39 is 0 Å². The summed E-state index contributed by atoms with van der Waals surface area (Å²) in [5.41, 5.74) is 1.80. The zero-order valence-electron chi connectivity index (χ0n) is 15.4. The first-order valence-corrected chi connectivity index (χ1v) is 9.15. The van der Waals surface area contributed by atoms with Gasteiger partial charge in [-0.1, -0.05) is 18.2 Å². The molecule has 3 rings (SSSR count). The van der Waals surface area contributed by atoms with Gasteiger partial charge in [0.2, 0.25) is 0 Å². The Labute approximate surface area is 154 Å².